The number of carbonyl (C=O) groups is 3. The summed E-state index contributed by atoms with van der Waals surface area (Å²) in [6.45, 7) is 7.98. The largest absolute Gasteiger partial charge is 0.455 e. The number of carbonyl (C=O) groups excluding carboxylic acids is 3. The van der Waals surface area contributed by atoms with E-state index in [4.69, 9.17) is 4.74 Å². The molecule has 2 aromatic carbocycles. The van der Waals surface area contributed by atoms with E-state index in [9.17, 15) is 14.4 Å². The van der Waals surface area contributed by atoms with Crippen LogP contribution in [0.4, 0.5) is 10.5 Å². The monoisotopic (exact) mass is 449 g/mol. The lowest BCUT2D eigenvalue weighted by atomic mass is 9.64. The Bertz CT molecular complexity index is 1080. The molecule has 2 N–H and O–H groups in total. The number of aryl methyl sites for hydroxylation is 1. The lowest BCUT2D eigenvalue weighted by Gasteiger charge is -2.43. The van der Waals surface area contributed by atoms with Gasteiger partial charge in [-0.05, 0) is 61.8 Å². The molecule has 33 heavy (non-hydrogen) atoms. The molecule has 2 aliphatic rings. The number of hydrogen-bond donors (Lipinski definition) is 2. The third-order valence-corrected chi connectivity index (χ3v) is 6.34. The molecular weight excluding hydrogens is 418 g/mol. The van der Waals surface area contributed by atoms with Gasteiger partial charge in [0.15, 0.2) is 5.75 Å². The summed E-state index contributed by atoms with van der Waals surface area (Å²) in [4.78, 5) is 39.8. The number of imide groups is 1. The number of anilines is 1. The summed E-state index contributed by atoms with van der Waals surface area (Å²) in [7, 11) is 0. The number of nitrogens with zero attached hydrogens (tertiary/aromatic N) is 1. The van der Waals surface area contributed by atoms with Crippen LogP contribution in [0.2, 0.25) is 0 Å². The van der Waals surface area contributed by atoms with Gasteiger partial charge in [0.05, 0.1) is 5.69 Å². The zero-order chi connectivity index (χ0) is 23.8. The molecule has 1 saturated heterocycles. The number of nitrogens with one attached hydrogen (secondary N) is 2. The summed E-state index contributed by atoms with van der Waals surface area (Å²) in [5.74, 6) is 0.654. The standard InChI is InChI=1S/C26H31N3O4/c1-17-9-11-19(12-10-17)33-21-8-6-5-7-20(21)27-22(30)15-29-23(31)26(28-24(29)32)14-18(2)13-25(3,4)16-26/h5-12,18H,13-16H2,1-4H3,(H,27,30)(H,28,32). The molecular formula is C26H31N3O4. The van der Waals surface area contributed by atoms with Crippen LogP contribution in [0.3, 0.4) is 0 Å². The van der Waals surface area contributed by atoms with E-state index >= 15 is 0 Å². The molecule has 7 nitrogen and oxygen atoms in total. The minimum Gasteiger partial charge on any atom is -0.455 e. The zero-order valence-corrected chi connectivity index (χ0v) is 19.6. The van der Waals surface area contributed by atoms with Crippen LogP contribution in [0.25, 0.3) is 0 Å². The number of ether oxygens (including phenoxy) is 1. The summed E-state index contributed by atoms with van der Waals surface area (Å²) >= 11 is 0. The fraction of sp³-hybridized carbons (Fsp3) is 0.423. The first-order chi connectivity index (χ1) is 15.6. The maximum atomic E-state index is 13.3. The normalized spacial score (nSPS) is 24.0. The van der Waals surface area contributed by atoms with Crippen LogP contribution in [0, 0.1) is 18.3 Å². The first kappa shape index (κ1) is 22.8. The highest BCUT2D eigenvalue weighted by Gasteiger charge is 2.56. The highest BCUT2D eigenvalue weighted by Crippen LogP contribution is 2.46. The summed E-state index contributed by atoms with van der Waals surface area (Å²) in [6, 6.07) is 14.2. The zero-order valence-electron chi connectivity index (χ0n) is 19.6. The third-order valence-electron chi connectivity index (χ3n) is 6.34. The molecule has 4 rings (SSSR count). The van der Waals surface area contributed by atoms with Crippen LogP contribution in [0.1, 0.15) is 45.6 Å². The number of benzene rings is 2. The molecule has 1 aliphatic carbocycles. The first-order valence-electron chi connectivity index (χ1n) is 11.3. The van der Waals surface area contributed by atoms with Crippen molar-refractivity contribution in [3.63, 3.8) is 0 Å². The second-order valence-electron chi connectivity index (χ2n) is 10.2. The Hall–Kier alpha value is -3.35. The smallest absolute Gasteiger partial charge is 0.325 e. The predicted molar refractivity (Wildman–Crippen MR) is 126 cm³/mol. The Morgan fingerprint density at radius 2 is 1.82 bits per heavy atom. The van der Waals surface area contributed by atoms with E-state index in [0.717, 1.165) is 16.9 Å². The highest BCUT2D eigenvalue weighted by atomic mass is 16.5. The van der Waals surface area contributed by atoms with Gasteiger partial charge in [0.1, 0.15) is 17.8 Å². The summed E-state index contributed by atoms with van der Waals surface area (Å²) in [6.07, 6.45) is 2.16. The number of hydrogen-bond acceptors (Lipinski definition) is 4. The number of rotatable bonds is 5. The van der Waals surface area contributed by atoms with Crippen molar-refractivity contribution >= 4 is 23.5 Å². The molecule has 1 heterocycles. The van der Waals surface area contributed by atoms with Gasteiger partial charge < -0.3 is 15.4 Å². The molecule has 1 saturated carbocycles. The van der Waals surface area contributed by atoms with Crippen LogP contribution >= 0.6 is 0 Å². The molecule has 0 radical (unpaired) electrons. The first-order valence-corrected chi connectivity index (χ1v) is 11.3. The lowest BCUT2D eigenvalue weighted by molar-refractivity contribution is -0.136. The van der Waals surface area contributed by atoms with E-state index in [1.54, 1.807) is 18.2 Å². The number of urea groups is 1. The van der Waals surface area contributed by atoms with Crippen molar-refractivity contribution in [3.05, 3.63) is 54.1 Å². The van der Waals surface area contributed by atoms with Gasteiger partial charge in [-0.1, -0.05) is 50.6 Å². The van der Waals surface area contributed by atoms with E-state index in [2.05, 4.69) is 31.4 Å². The van der Waals surface area contributed by atoms with Crippen LogP contribution in [0.5, 0.6) is 11.5 Å². The van der Waals surface area contributed by atoms with Crippen molar-refractivity contribution < 1.29 is 19.1 Å². The second-order valence-corrected chi connectivity index (χ2v) is 10.2. The fourth-order valence-electron chi connectivity index (χ4n) is 5.38. The maximum absolute atomic E-state index is 13.3. The van der Waals surface area contributed by atoms with E-state index in [1.165, 1.54) is 0 Å². The topological polar surface area (TPSA) is 87.7 Å². The van der Waals surface area contributed by atoms with E-state index in [0.29, 0.717) is 35.9 Å². The number of para-hydroxylation sites is 2. The molecule has 1 spiro atoms. The van der Waals surface area contributed by atoms with E-state index < -0.39 is 17.5 Å². The molecule has 0 bridgehead atoms. The quantitative estimate of drug-likeness (QED) is 0.638. The Kier molecular flexibility index (Phi) is 5.91. The predicted octanol–water partition coefficient (Wildman–Crippen LogP) is 4.86. The van der Waals surface area contributed by atoms with E-state index in [-0.39, 0.29) is 17.9 Å². The average molecular weight is 450 g/mol. The van der Waals surface area contributed by atoms with Gasteiger partial charge >= 0.3 is 6.03 Å². The average Bonchev–Trinajstić information content (AvgIpc) is 2.92. The molecule has 0 aromatic heterocycles. The molecule has 7 heteroatoms. The van der Waals surface area contributed by atoms with Crippen molar-refractivity contribution in [1.29, 1.82) is 0 Å². The van der Waals surface area contributed by atoms with Crippen LogP contribution in [-0.4, -0.2) is 34.8 Å². The van der Waals surface area contributed by atoms with Crippen molar-refractivity contribution in [3.8, 4) is 11.5 Å². The molecule has 174 valence electrons. The van der Waals surface area contributed by atoms with Gasteiger partial charge in [-0.25, -0.2) is 4.79 Å². The SMILES string of the molecule is Cc1ccc(Oc2ccccc2NC(=O)CN2C(=O)NC3(CC(C)CC(C)(C)C3)C2=O)cc1. The Labute approximate surface area is 194 Å². The molecule has 4 amide bonds. The van der Waals surface area contributed by atoms with E-state index in [1.807, 2.05) is 37.3 Å². The number of amides is 4. The van der Waals surface area contributed by atoms with Crippen molar-refractivity contribution in [2.75, 3.05) is 11.9 Å². The summed E-state index contributed by atoms with van der Waals surface area (Å²) in [5.41, 5.74) is 0.596. The molecule has 2 unspecified atom stereocenters. The van der Waals surface area contributed by atoms with Crippen molar-refractivity contribution in [1.82, 2.24) is 10.2 Å². The molecule has 2 fully saturated rings. The second kappa shape index (κ2) is 8.54. The maximum Gasteiger partial charge on any atom is 0.325 e. The van der Waals surface area contributed by atoms with Gasteiger partial charge in [0.25, 0.3) is 5.91 Å². The molecule has 2 atom stereocenters. The Balaban J connectivity index is 1.46. The van der Waals surface area contributed by atoms with Gasteiger partial charge in [-0.2, -0.15) is 0 Å². The minimum atomic E-state index is -0.926. The Morgan fingerprint density at radius 1 is 1.12 bits per heavy atom. The summed E-state index contributed by atoms with van der Waals surface area (Å²) in [5, 5.41) is 5.69. The van der Waals surface area contributed by atoms with Crippen molar-refractivity contribution in [2.24, 2.45) is 11.3 Å². The summed E-state index contributed by atoms with van der Waals surface area (Å²) < 4.78 is 5.93. The minimum absolute atomic E-state index is 0.0644. The van der Waals surface area contributed by atoms with Crippen LogP contribution in [0.15, 0.2) is 48.5 Å². The Morgan fingerprint density at radius 3 is 2.52 bits per heavy atom. The molecule has 2 aromatic rings. The fourth-order valence-corrected chi connectivity index (χ4v) is 5.38. The van der Waals surface area contributed by atoms with Crippen LogP contribution < -0.4 is 15.4 Å². The highest BCUT2D eigenvalue weighted by molar-refractivity contribution is 6.10. The van der Waals surface area contributed by atoms with Crippen molar-refractivity contribution in [2.45, 2.75) is 52.5 Å². The van der Waals surface area contributed by atoms with Crippen LogP contribution in [-0.2, 0) is 9.59 Å². The van der Waals surface area contributed by atoms with Gasteiger partial charge in [0, 0.05) is 0 Å². The lowest BCUT2D eigenvalue weighted by Crippen LogP contribution is -2.54. The van der Waals surface area contributed by atoms with Gasteiger partial charge in [-0.15, -0.1) is 0 Å². The van der Waals surface area contributed by atoms with Gasteiger partial charge in [0.2, 0.25) is 5.91 Å². The molecule has 1 aliphatic heterocycles. The third kappa shape index (κ3) is 4.87. The van der Waals surface area contributed by atoms with Gasteiger partial charge in [-0.3, -0.25) is 14.5 Å².